The van der Waals surface area contributed by atoms with E-state index in [-0.39, 0.29) is 30.8 Å². The predicted molar refractivity (Wildman–Crippen MR) is 93.3 cm³/mol. The number of carbonyl (C=O) groups excluding carboxylic acids is 2. The lowest BCUT2D eigenvalue weighted by Gasteiger charge is -2.25. The average molecular weight is 368 g/mol. The number of carbonyl (C=O) groups is 2. The highest BCUT2D eigenvalue weighted by atomic mass is 16.5. The van der Waals surface area contributed by atoms with Crippen LogP contribution in [0.1, 0.15) is 22.2 Å². The van der Waals surface area contributed by atoms with Crippen LogP contribution in [0.5, 0.6) is 5.75 Å². The van der Waals surface area contributed by atoms with Gasteiger partial charge in [-0.3, -0.25) is 9.59 Å². The Morgan fingerprint density at radius 1 is 1.30 bits per heavy atom. The van der Waals surface area contributed by atoms with Gasteiger partial charge in [0.25, 0.3) is 5.91 Å². The van der Waals surface area contributed by atoms with E-state index in [2.05, 4.69) is 15.5 Å². The zero-order valence-corrected chi connectivity index (χ0v) is 14.7. The molecule has 9 nitrogen and oxygen atoms in total. The molecule has 2 aromatic heterocycles. The van der Waals surface area contributed by atoms with Crippen molar-refractivity contribution in [3.05, 3.63) is 47.7 Å². The van der Waals surface area contributed by atoms with E-state index in [1.165, 1.54) is 4.90 Å². The number of benzene rings is 1. The molecule has 0 saturated carbocycles. The first kappa shape index (κ1) is 16.8. The number of nitrogens with zero attached hydrogens (tertiary/aromatic N) is 3. The summed E-state index contributed by atoms with van der Waals surface area (Å²) in [5.74, 6) is 1.41. The van der Waals surface area contributed by atoms with Gasteiger partial charge in [-0.15, -0.1) is 0 Å². The van der Waals surface area contributed by atoms with Crippen LogP contribution < -0.4 is 15.0 Å². The van der Waals surface area contributed by atoms with E-state index in [1.54, 1.807) is 31.3 Å². The fourth-order valence-corrected chi connectivity index (χ4v) is 2.67. The van der Waals surface area contributed by atoms with Crippen LogP contribution in [0, 0.1) is 6.92 Å². The molecule has 0 fully saturated rings. The van der Waals surface area contributed by atoms with Crippen molar-refractivity contribution in [3.63, 3.8) is 0 Å². The molecule has 4 rings (SSSR count). The van der Waals surface area contributed by atoms with E-state index in [4.69, 9.17) is 13.7 Å². The third-order valence-electron chi connectivity index (χ3n) is 4.14. The minimum atomic E-state index is -0.498. The van der Waals surface area contributed by atoms with Crippen molar-refractivity contribution in [1.29, 1.82) is 0 Å². The summed E-state index contributed by atoms with van der Waals surface area (Å²) < 4.78 is 15.9. The Balaban J connectivity index is 1.49. The third kappa shape index (κ3) is 3.26. The van der Waals surface area contributed by atoms with E-state index in [9.17, 15) is 9.59 Å². The lowest BCUT2D eigenvalue weighted by atomic mass is 10.1. The van der Waals surface area contributed by atoms with Gasteiger partial charge < -0.3 is 23.9 Å². The van der Waals surface area contributed by atoms with Gasteiger partial charge in [0.2, 0.25) is 5.82 Å². The van der Waals surface area contributed by atoms with Crippen molar-refractivity contribution in [2.75, 3.05) is 18.6 Å². The first-order valence-electron chi connectivity index (χ1n) is 8.22. The van der Waals surface area contributed by atoms with Crippen molar-refractivity contribution >= 4 is 17.5 Å². The molecule has 1 aliphatic heterocycles. The van der Waals surface area contributed by atoms with Crippen LogP contribution in [0.4, 0.5) is 5.69 Å². The molecule has 9 heteroatoms. The Morgan fingerprint density at radius 3 is 2.93 bits per heavy atom. The molecule has 0 unspecified atom stereocenters. The molecule has 138 valence electrons. The molecule has 0 atom stereocenters. The highest BCUT2D eigenvalue weighted by Crippen LogP contribution is 2.34. The Hall–Kier alpha value is -3.62. The number of furan rings is 1. The van der Waals surface area contributed by atoms with Gasteiger partial charge in [-0.05, 0) is 37.3 Å². The number of aromatic nitrogens is 2. The van der Waals surface area contributed by atoms with Gasteiger partial charge in [-0.1, -0.05) is 5.16 Å². The van der Waals surface area contributed by atoms with Gasteiger partial charge in [0.15, 0.2) is 6.61 Å². The number of rotatable bonds is 4. The van der Waals surface area contributed by atoms with Gasteiger partial charge in [0.05, 0.1) is 12.2 Å². The van der Waals surface area contributed by atoms with Crippen LogP contribution in [-0.4, -0.2) is 35.6 Å². The van der Waals surface area contributed by atoms with E-state index < -0.39 is 5.91 Å². The van der Waals surface area contributed by atoms with Gasteiger partial charge >= 0.3 is 11.8 Å². The van der Waals surface area contributed by atoms with Crippen molar-refractivity contribution in [2.45, 2.75) is 13.5 Å². The number of aryl methyl sites for hydroxylation is 1. The molecule has 2 amide bonds. The lowest BCUT2D eigenvalue weighted by Crippen LogP contribution is -2.35. The molecule has 0 saturated heterocycles. The molecule has 3 aromatic rings. The molecule has 0 bridgehead atoms. The topological polar surface area (TPSA) is 111 Å². The van der Waals surface area contributed by atoms with Crippen molar-refractivity contribution < 1.29 is 23.3 Å². The van der Waals surface area contributed by atoms with Gasteiger partial charge in [0.1, 0.15) is 17.3 Å². The summed E-state index contributed by atoms with van der Waals surface area (Å²) in [6, 6.07) is 8.77. The largest absolute Gasteiger partial charge is 0.482 e. The summed E-state index contributed by atoms with van der Waals surface area (Å²) in [7, 11) is 1.68. The van der Waals surface area contributed by atoms with Crippen LogP contribution >= 0.6 is 0 Å². The number of ether oxygens (including phenoxy) is 1. The second-order valence-corrected chi connectivity index (χ2v) is 6.04. The minimum Gasteiger partial charge on any atom is -0.482 e. The molecule has 1 aliphatic rings. The number of hydrogen-bond acceptors (Lipinski definition) is 7. The molecule has 1 aromatic carbocycles. The van der Waals surface area contributed by atoms with Gasteiger partial charge in [-0.2, -0.15) is 4.98 Å². The first-order valence-corrected chi connectivity index (χ1v) is 8.22. The number of anilines is 1. The molecule has 27 heavy (non-hydrogen) atoms. The zero-order valence-electron chi connectivity index (χ0n) is 14.7. The second kappa shape index (κ2) is 6.60. The molecule has 0 spiro atoms. The smallest absolute Gasteiger partial charge is 0.316 e. The highest BCUT2D eigenvalue weighted by molar-refractivity contribution is 5.97. The summed E-state index contributed by atoms with van der Waals surface area (Å²) in [6.45, 7) is 2.02. The van der Waals surface area contributed by atoms with E-state index in [0.29, 0.717) is 22.8 Å². The predicted octanol–water partition coefficient (Wildman–Crippen LogP) is 1.92. The van der Waals surface area contributed by atoms with E-state index in [1.807, 2.05) is 13.0 Å². The number of likely N-dealkylation sites (N-methyl/N-ethyl adjacent to an activating group) is 1. The monoisotopic (exact) mass is 368 g/mol. The molecule has 0 aliphatic carbocycles. The van der Waals surface area contributed by atoms with Crippen LogP contribution in [0.15, 0.2) is 39.3 Å². The van der Waals surface area contributed by atoms with Crippen molar-refractivity contribution in [2.24, 2.45) is 0 Å². The number of hydrogen-bond donors (Lipinski definition) is 1. The number of nitrogens with one attached hydrogen (secondary N) is 1. The quantitative estimate of drug-likeness (QED) is 0.749. The number of fused-ring (bicyclic) bond motifs is 1. The number of amides is 2. The normalized spacial score (nSPS) is 13.3. The zero-order chi connectivity index (χ0) is 19.0. The van der Waals surface area contributed by atoms with Crippen molar-refractivity contribution in [3.8, 4) is 17.1 Å². The van der Waals surface area contributed by atoms with Crippen molar-refractivity contribution in [1.82, 2.24) is 15.5 Å². The molecule has 3 heterocycles. The second-order valence-electron chi connectivity index (χ2n) is 6.04. The fraction of sp³-hybridized carbons (Fsp3) is 0.222. The maximum absolute atomic E-state index is 12.2. The van der Waals surface area contributed by atoms with Gasteiger partial charge in [-0.25, -0.2) is 0 Å². The molecule has 0 radical (unpaired) electrons. The Morgan fingerprint density at radius 2 is 2.15 bits per heavy atom. The maximum atomic E-state index is 12.2. The van der Waals surface area contributed by atoms with Crippen LogP contribution in [0.25, 0.3) is 11.4 Å². The van der Waals surface area contributed by atoms with Crippen LogP contribution in [-0.2, 0) is 11.3 Å². The Kier molecular flexibility index (Phi) is 4.11. The Bertz CT molecular complexity index is 1020. The van der Waals surface area contributed by atoms with E-state index >= 15 is 0 Å². The molecule has 1 N–H and O–H groups in total. The highest BCUT2D eigenvalue weighted by Gasteiger charge is 2.23. The van der Waals surface area contributed by atoms with Crippen LogP contribution in [0.2, 0.25) is 0 Å². The Labute approximate surface area is 153 Å². The average Bonchev–Trinajstić information content (AvgIpc) is 3.32. The lowest BCUT2D eigenvalue weighted by molar-refractivity contribution is -0.120. The SMILES string of the molecule is Cc1ccc(CNC(=O)c2nc(-c3ccc4c(c3)OCC(=O)N4C)no2)o1. The summed E-state index contributed by atoms with van der Waals surface area (Å²) >= 11 is 0. The van der Waals surface area contributed by atoms with Crippen LogP contribution in [0.3, 0.4) is 0 Å². The summed E-state index contributed by atoms with van der Waals surface area (Å²) in [5, 5.41) is 6.50. The molecular formula is C18H16N4O5. The fourth-order valence-electron chi connectivity index (χ4n) is 2.67. The molecular weight excluding hydrogens is 352 g/mol. The maximum Gasteiger partial charge on any atom is 0.316 e. The third-order valence-corrected chi connectivity index (χ3v) is 4.14. The summed E-state index contributed by atoms with van der Waals surface area (Å²) in [4.78, 5) is 29.5. The first-order chi connectivity index (χ1) is 13.0. The van der Waals surface area contributed by atoms with E-state index in [0.717, 1.165) is 5.76 Å². The summed E-state index contributed by atoms with van der Waals surface area (Å²) in [5.41, 5.74) is 1.27. The minimum absolute atomic E-state index is 0.0287. The standard InChI is InChI=1S/C18H16N4O5/c1-10-3-5-12(26-10)8-19-17(24)18-20-16(21-27-18)11-4-6-13-14(7-11)25-9-15(23)22(13)2/h3-7H,8-9H2,1-2H3,(H,19,24). The van der Waals surface area contributed by atoms with Gasteiger partial charge in [0, 0.05) is 12.6 Å². The summed E-state index contributed by atoms with van der Waals surface area (Å²) in [6.07, 6.45) is 0.